The molecule has 0 atom stereocenters. The van der Waals surface area contributed by atoms with Crippen LogP contribution < -0.4 is 0 Å². The van der Waals surface area contributed by atoms with E-state index in [2.05, 4.69) is 20.2 Å². The number of hydrogen-bond acceptors (Lipinski definition) is 7. The summed E-state index contributed by atoms with van der Waals surface area (Å²) in [6.07, 6.45) is -0.545. The number of hydrogen-bond donors (Lipinski definition) is 0. The second kappa shape index (κ2) is 7.31. The third-order valence-corrected chi connectivity index (χ3v) is 4.36. The van der Waals surface area contributed by atoms with Crippen molar-refractivity contribution in [3.05, 3.63) is 52.5 Å². The molecule has 0 amide bonds. The number of alkyl halides is 3. The number of nitro groups is 1. The largest absolute Gasteiger partial charge is 0.406 e. The van der Waals surface area contributed by atoms with Crippen LogP contribution in [0.1, 0.15) is 5.56 Å². The third-order valence-electron chi connectivity index (χ3n) is 3.44. The first-order valence-corrected chi connectivity index (χ1v) is 8.25. The van der Waals surface area contributed by atoms with E-state index in [1.165, 1.54) is 37.5 Å². The molecule has 0 aliphatic carbocycles. The molecule has 0 saturated carbocycles. The van der Waals surface area contributed by atoms with Crippen LogP contribution in [-0.4, -0.2) is 35.8 Å². The lowest BCUT2D eigenvalue weighted by molar-refractivity contribution is -0.385. The fraction of sp³-hybridized carbons (Fsp3) is 0.200. The van der Waals surface area contributed by atoms with Gasteiger partial charge in [-0.1, -0.05) is 0 Å². The van der Waals surface area contributed by atoms with Gasteiger partial charge in [0.25, 0.3) is 5.69 Å². The molecule has 0 aromatic carbocycles. The minimum atomic E-state index is -4.49. The zero-order valence-corrected chi connectivity index (χ0v) is 14.5. The van der Waals surface area contributed by atoms with Crippen LogP contribution in [0.25, 0.3) is 11.4 Å². The van der Waals surface area contributed by atoms with Crippen molar-refractivity contribution >= 4 is 17.4 Å². The lowest BCUT2D eigenvalue weighted by Crippen LogP contribution is -2.19. The minimum absolute atomic E-state index is 0.0279. The first-order valence-electron chi connectivity index (χ1n) is 7.44. The van der Waals surface area contributed by atoms with E-state index < -0.39 is 17.6 Å². The Kier molecular flexibility index (Phi) is 5.08. The summed E-state index contributed by atoms with van der Waals surface area (Å²) in [5, 5.41) is 18.8. The van der Waals surface area contributed by atoms with Crippen molar-refractivity contribution in [2.45, 2.75) is 29.8 Å². The van der Waals surface area contributed by atoms with E-state index in [1.54, 1.807) is 0 Å². The van der Waals surface area contributed by atoms with Gasteiger partial charge in [0.2, 0.25) is 0 Å². The summed E-state index contributed by atoms with van der Waals surface area (Å²) in [7, 11) is 0. The maximum Gasteiger partial charge on any atom is 0.406 e. The van der Waals surface area contributed by atoms with E-state index in [4.69, 9.17) is 0 Å². The highest BCUT2D eigenvalue weighted by Gasteiger charge is 2.31. The Bertz CT molecular complexity index is 977. The molecule has 12 heteroatoms. The average molecular weight is 396 g/mol. The average Bonchev–Trinajstić information content (AvgIpc) is 2.96. The Morgan fingerprint density at radius 1 is 1.26 bits per heavy atom. The second-order valence-corrected chi connectivity index (χ2v) is 6.40. The quantitative estimate of drug-likeness (QED) is 0.479. The summed E-state index contributed by atoms with van der Waals surface area (Å²) in [6.45, 7) is 0.235. The summed E-state index contributed by atoms with van der Waals surface area (Å²) in [5.41, 5.74) is 0.601. The molecule has 3 rings (SSSR count). The van der Waals surface area contributed by atoms with Gasteiger partial charge in [0.15, 0.2) is 11.0 Å². The predicted molar refractivity (Wildman–Crippen MR) is 89.1 cm³/mol. The fourth-order valence-electron chi connectivity index (χ4n) is 2.26. The van der Waals surface area contributed by atoms with Crippen LogP contribution >= 0.6 is 11.8 Å². The van der Waals surface area contributed by atoms with Gasteiger partial charge in [-0.25, -0.2) is 4.98 Å². The number of pyridine rings is 2. The molecule has 27 heavy (non-hydrogen) atoms. The highest BCUT2D eigenvalue weighted by atomic mass is 32.2. The molecule has 0 bridgehead atoms. The van der Waals surface area contributed by atoms with Crippen molar-refractivity contribution < 1.29 is 18.1 Å². The number of halogens is 3. The summed E-state index contributed by atoms with van der Waals surface area (Å²) >= 11 is 0.845. The molecule has 0 aliphatic rings. The van der Waals surface area contributed by atoms with Gasteiger partial charge >= 0.3 is 6.18 Å². The van der Waals surface area contributed by atoms with Gasteiger partial charge in [0, 0.05) is 23.5 Å². The molecule has 8 nitrogen and oxygen atoms in total. The van der Waals surface area contributed by atoms with E-state index in [0.717, 1.165) is 22.5 Å². The van der Waals surface area contributed by atoms with Gasteiger partial charge in [-0.3, -0.25) is 19.7 Å². The molecule has 140 valence electrons. The van der Waals surface area contributed by atoms with Crippen LogP contribution in [0.2, 0.25) is 0 Å². The van der Waals surface area contributed by atoms with Crippen molar-refractivity contribution in [1.29, 1.82) is 0 Å². The minimum Gasteiger partial charge on any atom is -0.293 e. The molecule has 0 spiro atoms. The van der Waals surface area contributed by atoms with Crippen LogP contribution in [-0.2, 0) is 6.54 Å². The van der Waals surface area contributed by atoms with Crippen LogP contribution in [0.5, 0.6) is 0 Å². The van der Waals surface area contributed by atoms with Crippen LogP contribution in [0.3, 0.4) is 0 Å². The maximum atomic E-state index is 13.1. The number of nitrogens with zero attached hydrogens (tertiary/aromatic N) is 6. The summed E-state index contributed by atoms with van der Waals surface area (Å²) in [6, 6.07) is 4.47. The standard InChI is InChI=1S/C15H11F3N6O2S/c1-9-6-12(20-7-11(9)24(25)26)27-14-22-21-13(10-2-4-19-5-3-10)23(14)8-15(16,17)18/h2-7H,8H2,1H3. The highest BCUT2D eigenvalue weighted by molar-refractivity contribution is 7.99. The van der Waals surface area contributed by atoms with Crippen molar-refractivity contribution in [2.24, 2.45) is 0 Å². The fourth-order valence-corrected chi connectivity index (χ4v) is 3.14. The predicted octanol–water partition coefficient (Wildman–Crippen LogP) is 3.67. The number of rotatable bonds is 5. The Hall–Kier alpha value is -3.02. The summed E-state index contributed by atoms with van der Waals surface area (Å²) < 4.78 is 40.1. The molecular weight excluding hydrogens is 385 g/mol. The molecule has 0 fully saturated rings. The zero-order chi connectivity index (χ0) is 19.6. The molecule has 3 aromatic heterocycles. The van der Waals surface area contributed by atoms with E-state index >= 15 is 0 Å². The summed E-state index contributed by atoms with van der Waals surface area (Å²) in [5.74, 6) is 0.0378. The van der Waals surface area contributed by atoms with Gasteiger partial charge < -0.3 is 0 Å². The Morgan fingerprint density at radius 3 is 2.56 bits per heavy atom. The topological polar surface area (TPSA) is 99.6 Å². The molecule has 3 aromatic rings. The molecule has 0 unspecified atom stereocenters. The van der Waals surface area contributed by atoms with Crippen LogP contribution in [0.15, 0.2) is 47.0 Å². The maximum absolute atomic E-state index is 13.1. The van der Waals surface area contributed by atoms with Crippen LogP contribution in [0.4, 0.5) is 18.9 Å². The van der Waals surface area contributed by atoms with Crippen molar-refractivity contribution in [2.75, 3.05) is 0 Å². The summed E-state index contributed by atoms with van der Waals surface area (Å²) in [4.78, 5) is 18.0. The smallest absolute Gasteiger partial charge is 0.293 e. The van der Waals surface area contributed by atoms with Crippen molar-refractivity contribution in [3.63, 3.8) is 0 Å². The van der Waals surface area contributed by atoms with E-state index in [0.29, 0.717) is 11.1 Å². The Labute approximate surface area is 154 Å². The molecule has 3 heterocycles. The Morgan fingerprint density at radius 2 is 1.96 bits per heavy atom. The van der Waals surface area contributed by atoms with E-state index in [-0.39, 0.29) is 21.7 Å². The van der Waals surface area contributed by atoms with Gasteiger partial charge in [0.1, 0.15) is 17.8 Å². The van der Waals surface area contributed by atoms with Gasteiger partial charge in [-0.2, -0.15) is 13.2 Å². The lowest BCUT2D eigenvalue weighted by atomic mass is 10.2. The van der Waals surface area contributed by atoms with Crippen molar-refractivity contribution in [1.82, 2.24) is 24.7 Å². The highest BCUT2D eigenvalue weighted by Crippen LogP contribution is 2.32. The monoisotopic (exact) mass is 396 g/mol. The lowest BCUT2D eigenvalue weighted by Gasteiger charge is -2.12. The third kappa shape index (κ3) is 4.39. The van der Waals surface area contributed by atoms with Crippen LogP contribution in [0, 0.1) is 17.0 Å². The van der Waals surface area contributed by atoms with E-state index in [9.17, 15) is 23.3 Å². The second-order valence-electron chi connectivity index (χ2n) is 5.41. The zero-order valence-electron chi connectivity index (χ0n) is 13.7. The van der Waals surface area contributed by atoms with E-state index in [1.807, 2.05) is 0 Å². The van der Waals surface area contributed by atoms with Gasteiger partial charge in [0.05, 0.1) is 4.92 Å². The molecule has 0 aliphatic heterocycles. The molecule has 0 N–H and O–H groups in total. The SMILES string of the molecule is Cc1cc(Sc2nnc(-c3ccncc3)n2CC(F)(F)F)ncc1[N+](=O)[O-]. The first-order chi connectivity index (χ1) is 12.7. The Balaban J connectivity index is 1.99. The number of aryl methyl sites for hydroxylation is 1. The van der Waals surface area contributed by atoms with Crippen molar-refractivity contribution in [3.8, 4) is 11.4 Å². The normalized spacial score (nSPS) is 11.6. The number of aromatic nitrogens is 5. The molecule has 0 saturated heterocycles. The molecular formula is C15H11F3N6O2S. The van der Waals surface area contributed by atoms with Gasteiger partial charge in [-0.05, 0) is 36.9 Å². The molecule has 0 radical (unpaired) electrons. The van der Waals surface area contributed by atoms with Gasteiger partial charge in [-0.15, -0.1) is 10.2 Å². The first kappa shape index (κ1) is 18.8.